The first kappa shape index (κ1) is 25.0. The van der Waals surface area contributed by atoms with Gasteiger partial charge in [0.05, 0.1) is 19.3 Å². The van der Waals surface area contributed by atoms with Crippen LogP contribution in [0.4, 0.5) is 0 Å². The molecule has 0 bridgehead atoms. The number of benzene rings is 3. The van der Waals surface area contributed by atoms with Crippen molar-refractivity contribution in [3.8, 4) is 34.1 Å². The zero-order chi connectivity index (χ0) is 25.7. The number of nitrogens with zero attached hydrogens (tertiary/aromatic N) is 2. The number of hydrogen-bond donors (Lipinski definition) is 1. The second-order valence-corrected chi connectivity index (χ2v) is 8.91. The molecule has 6 nitrogen and oxygen atoms in total. The van der Waals surface area contributed by atoms with Gasteiger partial charge in [-0.15, -0.1) is 0 Å². The van der Waals surface area contributed by atoms with Crippen molar-refractivity contribution in [2.24, 2.45) is 0 Å². The Morgan fingerprint density at radius 3 is 2.31 bits per heavy atom. The van der Waals surface area contributed by atoms with Crippen LogP contribution in [-0.4, -0.2) is 28.7 Å². The fourth-order valence-electron chi connectivity index (χ4n) is 4.25. The van der Waals surface area contributed by atoms with Gasteiger partial charge in [0, 0.05) is 17.7 Å². The number of ether oxygens (including phenoxy) is 2. The topological polar surface area (TPSA) is 65.4 Å². The van der Waals surface area contributed by atoms with E-state index in [0.29, 0.717) is 17.9 Å². The molecular weight excluding hydrogens is 450 g/mol. The van der Waals surface area contributed by atoms with Gasteiger partial charge >= 0.3 is 0 Å². The van der Waals surface area contributed by atoms with Gasteiger partial charge in [-0.3, -0.25) is 4.79 Å². The van der Waals surface area contributed by atoms with Crippen LogP contribution in [0.25, 0.3) is 22.6 Å². The summed E-state index contributed by atoms with van der Waals surface area (Å²) in [5, 5.41) is 3.17. The predicted molar refractivity (Wildman–Crippen MR) is 143 cm³/mol. The Balaban J connectivity index is 1.80. The van der Waals surface area contributed by atoms with E-state index in [4.69, 9.17) is 14.5 Å². The van der Waals surface area contributed by atoms with Crippen LogP contribution >= 0.6 is 0 Å². The molecule has 6 heteroatoms. The van der Waals surface area contributed by atoms with Crippen LogP contribution < -0.4 is 14.8 Å². The van der Waals surface area contributed by atoms with Crippen LogP contribution in [0, 0.1) is 0 Å². The fourth-order valence-corrected chi connectivity index (χ4v) is 4.25. The lowest BCUT2D eigenvalue weighted by atomic mass is 10.1. The average molecular weight is 484 g/mol. The highest BCUT2D eigenvalue weighted by Gasteiger charge is 2.26. The van der Waals surface area contributed by atoms with Crippen LogP contribution in [0.5, 0.6) is 11.5 Å². The summed E-state index contributed by atoms with van der Waals surface area (Å²) in [7, 11) is 1.64. The number of amides is 1. The van der Waals surface area contributed by atoms with Crippen LogP contribution in [0.15, 0.2) is 78.9 Å². The van der Waals surface area contributed by atoms with Gasteiger partial charge in [-0.05, 0) is 57.5 Å². The van der Waals surface area contributed by atoms with Gasteiger partial charge in [-0.2, -0.15) is 0 Å². The summed E-state index contributed by atoms with van der Waals surface area (Å²) in [5.41, 5.74) is 3.89. The zero-order valence-electron chi connectivity index (χ0n) is 21.5. The molecule has 0 spiro atoms. The highest BCUT2D eigenvalue weighted by atomic mass is 16.5. The van der Waals surface area contributed by atoms with Crippen LogP contribution in [0.1, 0.15) is 49.8 Å². The van der Waals surface area contributed by atoms with E-state index in [2.05, 4.69) is 5.32 Å². The van der Waals surface area contributed by atoms with Gasteiger partial charge < -0.3 is 19.4 Å². The van der Waals surface area contributed by atoms with Crippen molar-refractivity contribution in [3.63, 3.8) is 0 Å². The number of nitrogens with one attached hydrogen (secondary N) is 1. The number of methoxy groups -OCH3 is 1. The van der Waals surface area contributed by atoms with E-state index in [1.165, 1.54) is 0 Å². The first-order valence-corrected chi connectivity index (χ1v) is 12.3. The van der Waals surface area contributed by atoms with Crippen molar-refractivity contribution in [1.82, 2.24) is 14.9 Å². The second kappa shape index (κ2) is 11.1. The van der Waals surface area contributed by atoms with E-state index in [-0.39, 0.29) is 18.1 Å². The van der Waals surface area contributed by atoms with E-state index >= 15 is 0 Å². The maximum Gasteiger partial charge on any atom is 0.270 e. The molecule has 4 aromatic rings. The molecule has 0 aliphatic heterocycles. The summed E-state index contributed by atoms with van der Waals surface area (Å²) in [6, 6.07) is 25.2. The van der Waals surface area contributed by atoms with Gasteiger partial charge in [0.15, 0.2) is 0 Å². The minimum atomic E-state index is -0.226. The molecule has 36 heavy (non-hydrogen) atoms. The van der Waals surface area contributed by atoms with E-state index in [1.54, 1.807) is 7.11 Å². The number of imidazole rings is 1. The van der Waals surface area contributed by atoms with Gasteiger partial charge in [-0.1, -0.05) is 54.6 Å². The van der Waals surface area contributed by atoms with Crippen LogP contribution in [0.2, 0.25) is 0 Å². The molecule has 1 N–H and O–H groups in total. The molecule has 1 aromatic heterocycles. The largest absolute Gasteiger partial charge is 0.497 e. The van der Waals surface area contributed by atoms with Crippen molar-refractivity contribution < 1.29 is 14.3 Å². The zero-order valence-corrected chi connectivity index (χ0v) is 21.5. The summed E-state index contributed by atoms with van der Waals surface area (Å²) in [4.78, 5) is 18.8. The molecule has 0 radical (unpaired) electrons. The van der Waals surface area contributed by atoms with E-state index < -0.39 is 0 Å². The smallest absolute Gasteiger partial charge is 0.270 e. The van der Waals surface area contributed by atoms with Crippen LogP contribution in [-0.2, 0) is 6.54 Å². The van der Waals surface area contributed by atoms with E-state index in [0.717, 1.165) is 34.0 Å². The first-order chi connectivity index (χ1) is 17.4. The van der Waals surface area contributed by atoms with E-state index in [9.17, 15) is 4.79 Å². The van der Waals surface area contributed by atoms with Gasteiger partial charge in [0.1, 0.15) is 28.7 Å². The Bertz CT molecular complexity index is 1330. The van der Waals surface area contributed by atoms with Crippen molar-refractivity contribution in [1.29, 1.82) is 0 Å². The maximum atomic E-state index is 13.8. The van der Waals surface area contributed by atoms with Crippen molar-refractivity contribution in [2.75, 3.05) is 7.11 Å². The highest BCUT2D eigenvalue weighted by molar-refractivity contribution is 6.00. The molecule has 1 heterocycles. The highest BCUT2D eigenvalue weighted by Crippen LogP contribution is 2.32. The molecule has 4 rings (SSSR count). The number of aromatic nitrogens is 2. The molecule has 0 aliphatic rings. The Labute approximate surface area is 212 Å². The number of hydrogen-bond acceptors (Lipinski definition) is 4. The lowest BCUT2D eigenvalue weighted by Crippen LogP contribution is -2.29. The maximum absolute atomic E-state index is 13.8. The number of carbonyl (C=O) groups excluding carboxylic acids is 1. The Hall–Kier alpha value is -4.06. The second-order valence-electron chi connectivity index (χ2n) is 8.91. The summed E-state index contributed by atoms with van der Waals surface area (Å²) in [6.45, 7) is 8.57. The minimum absolute atomic E-state index is 0.0415. The van der Waals surface area contributed by atoms with Crippen molar-refractivity contribution in [3.05, 3.63) is 90.1 Å². The summed E-state index contributed by atoms with van der Waals surface area (Å²) in [5.74, 6) is 2.06. The molecule has 1 amide bonds. The lowest BCUT2D eigenvalue weighted by Gasteiger charge is -2.17. The number of rotatable bonds is 9. The van der Waals surface area contributed by atoms with Crippen molar-refractivity contribution in [2.45, 2.75) is 46.4 Å². The predicted octanol–water partition coefficient (Wildman–Crippen LogP) is 6.52. The van der Waals surface area contributed by atoms with Crippen molar-refractivity contribution >= 4 is 5.91 Å². The van der Waals surface area contributed by atoms with Gasteiger partial charge in [0.25, 0.3) is 5.91 Å². The SMILES string of the molecule is CCn1c(-c2ccccc2)nc(-c2cccc(OC(C)C)c2)c1C(=O)N[C@H](C)c1cccc(OC)c1. The minimum Gasteiger partial charge on any atom is -0.497 e. The Morgan fingerprint density at radius 2 is 1.61 bits per heavy atom. The quantitative estimate of drug-likeness (QED) is 0.294. The van der Waals surface area contributed by atoms with Gasteiger partial charge in [-0.25, -0.2) is 4.98 Å². The summed E-state index contributed by atoms with van der Waals surface area (Å²) >= 11 is 0. The normalized spacial score (nSPS) is 11.8. The summed E-state index contributed by atoms with van der Waals surface area (Å²) < 4.78 is 13.3. The molecule has 3 aromatic carbocycles. The van der Waals surface area contributed by atoms with Gasteiger partial charge in [0.2, 0.25) is 0 Å². The molecule has 0 fully saturated rings. The molecule has 0 saturated heterocycles. The molecule has 186 valence electrons. The average Bonchev–Trinajstić information content (AvgIpc) is 3.29. The van der Waals surface area contributed by atoms with Crippen LogP contribution in [0.3, 0.4) is 0 Å². The monoisotopic (exact) mass is 483 g/mol. The number of carbonyl (C=O) groups is 1. The molecule has 0 unspecified atom stereocenters. The molecule has 0 saturated carbocycles. The third-order valence-corrected chi connectivity index (χ3v) is 5.95. The van der Waals surface area contributed by atoms with E-state index in [1.807, 2.05) is 111 Å². The first-order valence-electron chi connectivity index (χ1n) is 12.3. The Morgan fingerprint density at radius 1 is 0.917 bits per heavy atom. The molecule has 0 aliphatic carbocycles. The Kier molecular flexibility index (Phi) is 7.74. The third kappa shape index (κ3) is 5.43. The molecule has 1 atom stereocenters. The standard InChI is InChI=1S/C30H33N3O3/c1-6-33-28(30(34)31-21(4)23-14-10-16-25(18-23)35-5)27(32-29(33)22-12-8-7-9-13-22)24-15-11-17-26(19-24)36-20(2)3/h7-21H,6H2,1-5H3,(H,31,34)/t21-/m1/s1. The molecular formula is C30H33N3O3. The lowest BCUT2D eigenvalue weighted by molar-refractivity contribution is 0.0931. The third-order valence-electron chi connectivity index (χ3n) is 5.95. The summed E-state index contributed by atoms with van der Waals surface area (Å²) in [6.07, 6.45) is 0.0415. The fraction of sp³-hybridized carbons (Fsp3) is 0.267.